The molecule has 0 aliphatic rings. The third kappa shape index (κ3) is 19.9. The van der Waals surface area contributed by atoms with E-state index < -0.39 is 5.97 Å². The number of carboxylic acids is 1. The Hall–Kier alpha value is -2.09. The van der Waals surface area contributed by atoms with E-state index in [4.69, 9.17) is 5.11 Å². The maximum absolute atomic E-state index is 10.3. The fraction of sp³-hybridized carbons (Fsp3) is 0.409. The second-order valence-corrected chi connectivity index (χ2v) is 5.35. The second-order valence-electron chi connectivity index (χ2n) is 5.35. The van der Waals surface area contributed by atoms with Gasteiger partial charge in [0.15, 0.2) is 0 Å². The smallest absolute Gasteiger partial charge is 0.303 e. The molecular weight excluding hydrogens is 296 g/mol. The zero-order valence-corrected chi connectivity index (χ0v) is 14.9. The Morgan fingerprint density at radius 3 is 1.29 bits per heavy atom. The maximum atomic E-state index is 10.3. The summed E-state index contributed by atoms with van der Waals surface area (Å²) in [5, 5.41) is 8.49. The van der Waals surface area contributed by atoms with Crippen LogP contribution in [0.25, 0.3) is 0 Å². The van der Waals surface area contributed by atoms with Gasteiger partial charge in [-0.1, -0.05) is 79.8 Å². The fourth-order valence-electron chi connectivity index (χ4n) is 1.85. The molecule has 0 rings (SSSR count). The van der Waals surface area contributed by atoms with Crippen molar-refractivity contribution < 1.29 is 9.90 Å². The molecule has 0 aromatic carbocycles. The van der Waals surface area contributed by atoms with Crippen molar-refractivity contribution in [3.63, 3.8) is 0 Å². The van der Waals surface area contributed by atoms with Crippen molar-refractivity contribution in [1.82, 2.24) is 0 Å². The molecule has 0 bridgehead atoms. The van der Waals surface area contributed by atoms with Crippen molar-refractivity contribution in [2.45, 2.75) is 58.3 Å². The highest BCUT2D eigenvalue weighted by Crippen LogP contribution is 1.97. The molecule has 0 saturated heterocycles. The molecule has 0 aromatic heterocycles. The van der Waals surface area contributed by atoms with Gasteiger partial charge in [-0.15, -0.1) is 0 Å². The van der Waals surface area contributed by atoms with E-state index in [1.165, 1.54) is 0 Å². The molecule has 0 fully saturated rings. The summed E-state index contributed by atoms with van der Waals surface area (Å²) in [6.07, 6.45) is 32.5. The summed E-state index contributed by atoms with van der Waals surface area (Å²) in [6.45, 7) is 2.15. The van der Waals surface area contributed by atoms with Crippen LogP contribution in [0.5, 0.6) is 0 Å². The highest BCUT2D eigenvalue weighted by molar-refractivity contribution is 5.66. The molecule has 0 aliphatic carbocycles. The number of hydrogen-bond donors (Lipinski definition) is 1. The third-order valence-electron chi connectivity index (χ3n) is 3.12. The van der Waals surface area contributed by atoms with Crippen LogP contribution in [-0.4, -0.2) is 11.1 Å². The van der Waals surface area contributed by atoms with Crippen LogP contribution in [0.3, 0.4) is 0 Å². The summed E-state index contributed by atoms with van der Waals surface area (Å²) in [5.74, 6) is -0.741. The molecule has 0 aliphatic heterocycles. The van der Waals surface area contributed by atoms with Crippen molar-refractivity contribution in [2.75, 3.05) is 0 Å². The Bertz CT molecular complexity index is 462. The Morgan fingerprint density at radius 2 is 0.958 bits per heavy atom. The maximum Gasteiger partial charge on any atom is 0.303 e. The molecule has 24 heavy (non-hydrogen) atoms. The normalized spacial score (nSPS) is 13.0. The van der Waals surface area contributed by atoms with Crippen molar-refractivity contribution >= 4 is 5.97 Å². The molecule has 0 atom stereocenters. The number of carbonyl (C=O) groups is 1. The van der Waals surface area contributed by atoms with E-state index in [1.807, 2.05) is 12.2 Å². The lowest BCUT2D eigenvalue weighted by molar-refractivity contribution is -0.136. The van der Waals surface area contributed by atoms with Crippen LogP contribution < -0.4 is 0 Å². The largest absolute Gasteiger partial charge is 0.481 e. The van der Waals surface area contributed by atoms with Gasteiger partial charge in [0.2, 0.25) is 0 Å². The van der Waals surface area contributed by atoms with Crippen molar-refractivity contribution in [2.24, 2.45) is 0 Å². The van der Waals surface area contributed by atoms with Crippen LogP contribution >= 0.6 is 0 Å². The molecule has 0 spiro atoms. The number of carboxylic acid groups (broad SMARTS) is 1. The predicted octanol–water partition coefficient (Wildman–Crippen LogP) is 6.55. The molecule has 1 N–H and O–H groups in total. The van der Waals surface area contributed by atoms with Gasteiger partial charge in [0.05, 0.1) is 0 Å². The minimum Gasteiger partial charge on any atom is -0.481 e. The van der Waals surface area contributed by atoms with E-state index in [0.29, 0.717) is 6.42 Å². The van der Waals surface area contributed by atoms with Crippen molar-refractivity contribution in [3.8, 4) is 0 Å². The topological polar surface area (TPSA) is 37.3 Å². The van der Waals surface area contributed by atoms with Gasteiger partial charge in [0.1, 0.15) is 0 Å². The van der Waals surface area contributed by atoms with Gasteiger partial charge in [0, 0.05) is 6.42 Å². The van der Waals surface area contributed by atoms with Crippen LogP contribution in [0.2, 0.25) is 0 Å². The summed E-state index contributed by atoms with van der Waals surface area (Å²) in [4.78, 5) is 10.3. The molecule has 0 amide bonds. The molecule has 0 radical (unpaired) electrons. The molecule has 0 saturated carbocycles. The first-order valence-corrected chi connectivity index (χ1v) is 8.89. The summed E-state index contributed by atoms with van der Waals surface area (Å²) >= 11 is 0. The van der Waals surface area contributed by atoms with E-state index in [9.17, 15) is 4.79 Å². The first-order valence-electron chi connectivity index (χ1n) is 8.89. The van der Waals surface area contributed by atoms with Crippen LogP contribution in [0, 0.1) is 0 Å². The van der Waals surface area contributed by atoms with E-state index >= 15 is 0 Å². The first-order chi connectivity index (χ1) is 11.8. The summed E-state index contributed by atoms with van der Waals surface area (Å²) in [7, 11) is 0. The number of aliphatic carboxylic acids is 1. The Morgan fingerprint density at radius 1 is 0.625 bits per heavy atom. The Balaban J connectivity index is 3.51. The quantitative estimate of drug-likeness (QED) is 0.367. The number of allylic oxidation sites excluding steroid dienone is 12. The van der Waals surface area contributed by atoms with Gasteiger partial charge in [-0.25, -0.2) is 0 Å². The minimum absolute atomic E-state index is 0.210. The molecule has 0 unspecified atom stereocenters. The van der Waals surface area contributed by atoms with Crippen LogP contribution in [0.4, 0.5) is 0 Å². The van der Waals surface area contributed by atoms with E-state index in [1.54, 1.807) is 0 Å². The fourth-order valence-corrected chi connectivity index (χ4v) is 1.85. The Kier molecular flexibility index (Phi) is 17.3. The van der Waals surface area contributed by atoms with Crippen LogP contribution in [0.1, 0.15) is 58.3 Å². The zero-order chi connectivity index (χ0) is 17.7. The van der Waals surface area contributed by atoms with Crippen molar-refractivity contribution in [3.05, 3.63) is 72.9 Å². The molecule has 132 valence electrons. The van der Waals surface area contributed by atoms with Crippen molar-refractivity contribution in [1.29, 1.82) is 0 Å². The van der Waals surface area contributed by atoms with Gasteiger partial charge < -0.3 is 5.11 Å². The van der Waals surface area contributed by atoms with Gasteiger partial charge >= 0.3 is 5.97 Å². The zero-order valence-electron chi connectivity index (χ0n) is 14.9. The Labute approximate surface area is 147 Å². The van der Waals surface area contributed by atoms with Gasteiger partial charge in [0.25, 0.3) is 0 Å². The lowest BCUT2D eigenvalue weighted by Gasteiger charge is -1.87. The number of rotatable bonds is 14. The van der Waals surface area contributed by atoms with E-state index in [-0.39, 0.29) is 6.42 Å². The average molecular weight is 328 g/mol. The monoisotopic (exact) mass is 328 g/mol. The standard InChI is InChI=1S/C22H32O2/c1-2-3-4-5-6-7-8-9-10-11-12-13-14-15-16-17-18-19-20-21-22(23)24/h3-4,6-7,9-10,12-13,15-16,18-19H,2,5,8,11,14,17,20-21H2,1H3,(H,23,24)/b4-3+,7-6?,10-9?,13-12?,16-15?,19-18?. The second kappa shape index (κ2) is 19.0. The van der Waals surface area contributed by atoms with Gasteiger partial charge in [-0.3, -0.25) is 4.79 Å². The predicted molar refractivity (Wildman–Crippen MR) is 105 cm³/mol. The number of hydrogen-bond acceptors (Lipinski definition) is 1. The summed E-state index contributed by atoms with van der Waals surface area (Å²) in [6, 6.07) is 0. The highest BCUT2D eigenvalue weighted by atomic mass is 16.4. The lowest BCUT2D eigenvalue weighted by Crippen LogP contribution is -1.91. The summed E-state index contributed by atoms with van der Waals surface area (Å²) < 4.78 is 0. The highest BCUT2D eigenvalue weighted by Gasteiger charge is 1.90. The van der Waals surface area contributed by atoms with E-state index in [2.05, 4.69) is 67.7 Å². The third-order valence-corrected chi connectivity index (χ3v) is 3.12. The lowest BCUT2D eigenvalue weighted by atomic mass is 10.2. The van der Waals surface area contributed by atoms with Gasteiger partial charge in [-0.05, 0) is 44.9 Å². The molecule has 2 heteroatoms. The SMILES string of the molecule is CC/C=C/CC=CCC=CCC=CCC=CCC=CCCC(=O)O. The molecule has 0 aromatic rings. The van der Waals surface area contributed by atoms with E-state index in [0.717, 1.165) is 38.5 Å². The van der Waals surface area contributed by atoms with Crippen LogP contribution in [-0.2, 0) is 4.79 Å². The van der Waals surface area contributed by atoms with Crippen LogP contribution in [0.15, 0.2) is 72.9 Å². The average Bonchev–Trinajstić information content (AvgIpc) is 2.56. The van der Waals surface area contributed by atoms with Gasteiger partial charge in [-0.2, -0.15) is 0 Å². The minimum atomic E-state index is -0.741. The molecule has 2 nitrogen and oxygen atoms in total. The molecular formula is C22H32O2. The first kappa shape index (κ1) is 21.9. The summed E-state index contributed by atoms with van der Waals surface area (Å²) in [5.41, 5.74) is 0. The molecule has 0 heterocycles.